The summed E-state index contributed by atoms with van der Waals surface area (Å²) in [7, 11) is 6.64. The fourth-order valence-electron chi connectivity index (χ4n) is 15.3. The Balaban J connectivity index is 0.768. The lowest BCUT2D eigenvalue weighted by molar-refractivity contribution is -0.143. The molecule has 26 heteroatoms. The van der Waals surface area contributed by atoms with E-state index in [0.717, 1.165) is 11.1 Å². The van der Waals surface area contributed by atoms with Crippen molar-refractivity contribution in [3.05, 3.63) is 159 Å². The van der Waals surface area contributed by atoms with Gasteiger partial charge in [0.1, 0.15) is 0 Å². The molecule has 6 aliphatic rings. The van der Waals surface area contributed by atoms with Crippen LogP contribution in [0.1, 0.15) is 107 Å². The van der Waals surface area contributed by atoms with Crippen LogP contribution in [-0.4, -0.2) is 243 Å². The van der Waals surface area contributed by atoms with Gasteiger partial charge in [0.2, 0.25) is 23.6 Å². The first-order chi connectivity index (χ1) is 46.4. The number of H-pyrrole nitrogens is 2. The van der Waals surface area contributed by atoms with Gasteiger partial charge in [-0.15, -0.1) is 0 Å². The maximum absolute atomic E-state index is 14.9. The summed E-state index contributed by atoms with van der Waals surface area (Å²) in [5, 5.41) is 8.06. The zero-order valence-electron chi connectivity index (χ0n) is 57.8. The number of nitrogens with two attached hydrogens (primary N) is 2. The number of pyridine rings is 2. The molecule has 3 aromatic carbocycles. The molecule has 0 radical (unpaired) electrons. The van der Waals surface area contributed by atoms with Gasteiger partial charge < -0.3 is 61.1 Å². The Morgan fingerprint density at radius 1 is 0.551 bits per heavy atom. The predicted molar refractivity (Wildman–Crippen MR) is 378 cm³/mol. The molecule has 2 aromatic heterocycles. The van der Waals surface area contributed by atoms with Crippen LogP contribution in [0, 0.1) is 0 Å². The number of primary amides is 2. The van der Waals surface area contributed by atoms with Crippen molar-refractivity contribution in [3.8, 4) is 0 Å². The van der Waals surface area contributed by atoms with Crippen molar-refractivity contribution in [1.29, 1.82) is 0 Å². The number of fused-ring (bicyclic) bond motifs is 2. The molecule has 8 atom stereocenters. The van der Waals surface area contributed by atoms with Gasteiger partial charge in [-0.1, -0.05) is 87.3 Å². The third-order valence-corrected chi connectivity index (χ3v) is 21.0. The van der Waals surface area contributed by atoms with Crippen LogP contribution in [0.15, 0.2) is 82.4 Å². The van der Waals surface area contributed by atoms with Crippen LogP contribution >= 0.6 is 23.2 Å². The number of carbonyl (C=O) groups is 6. The SMILES string of the molecule is C[C@@H]1CN(CC(=O)N2CC(C)(C)c3[nH]c(=O)c(Cc4ccc(Cl)cc4C(=O)N(C)C)cc32)[C@@H](CN2CCOC(C(N)=O)C2Cc2ccc(CC3C(C(N)=O)OCCN3C[C@H]3CN[C@H](C)CN3CC(=O)N3CC(C)(C)c4[nH]c(=O)c(Cc5ccc(Cl)cc5C(=O)N(C)C)cc43)cc2)CN1. The molecule has 4 unspecified atom stereocenters. The van der Waals surface area contributed by atoms with Crippen LogP contribution in [0.25, 0.3) is 0 Å². The lowest BCUT2D eigenvalue weighted by atomic mass is 9.90. The molecule has 0 saturated carbocycles. The van der Waals surface area contributed by atoms with Crippen molar-refractivity contribution < 1.29 is 38.2 Å². The third kappa shape index (κ3) is 15.6. The molecule has 526 valence electrons. The quantitative estimate of drug-likeness (QED) is 0.0653. The van der Waals surface area contributed by atoms with Crippen molar-refractivity contribution >= 4 is 70.0 Å². The van der Waals surface area contributed by atoms with E-state index in [-0.39, 0.29) is 98.1 Å². The lowest BCUT2D eigenvalue weighted by Crippen LogP contribution is -2.64. The van der Waals surface area contributed by atoms with Gasteiger partial charge in [0.05, 0.1) is 37.7 Å². The number of rotatable bonds is 20. The van der Waals surface area contributed by atoms with Crippen LogP contribution in [0.4, 0.5) is 11.4 Å². The number of aromatic amines is 2. The number of aromatic nitrogens is 2. The van der Waals surface area contributed by atoms with E-state index in [0.29, 0.717) is 144 Å². The Labute approximate surface area is 582 Å². The molecular weight excluding hydrogens is 1290 g/mol. The summed E-state index contributed by atoms with van der Waals surface area (Å²) in [5.74, 6) is -1.86. The number of morpholine rings is 2. The molecule has 8 N–H and O–H groups in total. The molecule has 0 spiro atoms. The highest BCUT2D eigenvalue weighted by atomic mass is 35.5. The van der Waals surface area contributed by atoms with Crippen molar-refractivity contribution in [3.63, 3.8) is 0 Å². The molecule has 8 heterocycles. The van der Waals surface area contributed by atoms with Crippen molar-refractivity contribution in [2.45, 2.75) is 127 Å². The molecule has 0 bridgehead atoms. The number of hydrogen-bond acceptors (Lipinski definition) is 16. The average Bonchev–Trinajstić information content (AvgIpc) is 1.60. The van der Waals surface area contributed by atoms with E-state index >= 15 is 0 Å². The summed E-state index contributed by atoms with van der Waals surface area (Å²) in [6.45, 7) is 18.1. The molecule has 4 saturated heterocycles. The van der Waals surface area contributed by atoms with Gasteiger partial charge in [-0.25, -0.2) is 0 Å². The second-order valence-corrected chi connectivity index (χ2v) is 30.2. The molecular formula is C72H94Cl2N14O10. The number of nitrogens with one attached hydrogen (secondary N) is 4. The number of halogens is 2. The molecule has 0 aliphatic carbocycles. The first-order valence-corrected chi connectivity index (χ1v) is 34.7. The highest BCUT2D eigenvalue weighted by molar-refractivity contribution is 6.31. The van der Waals surface area contributed by atoms with Crippen molar-refractivity contribution in [1.82, 2.24) is 50.0 Å². The molecule has 6 amide bonds. The van der Waals surface area contributed by atoms with E-state index < -0.39 is 46.9 Å². The van der Waals surface area contributed by atoms with Crippen LogP contribution < -0.4 is 43.0 Å². The molecule has 6 aliphatic heterocycles. The van der Waals surface area contributed by atoms with Crippen LogP contribution in [0.2, 0.25) is 10.0 Å². The first-order valence-electron chi connectivity index (χ1n) is 33.9. The largest absolute Gasteiger partial charge is 0.367 e. The summed E-state index contributed by atoms with van der Waals surface area (Å²) < 4.78 is 12.3. The van der Waals surface area contributed by atoms with Crippen LogP contribution in [0.5, 0.6) is 0 Å². The number of benzene rings is 3. The average molecular weight is 1390 g/mol. The number of hydrogen-bond donors (Lipinski definition) is 6. The Morgan fingerprint density at radius 2 is 0.929 bits per heavy atom. The third-order valence-electron chi connectivity index (χ3n) is 20.5. The Morgan fingerprint density at radius 3 is 1.29 bits per heavy atom. The molecule has 4 fully saturated rings. The number of anilines is 2. The van der Waals surface area contributed by atoms with Crippen LogP contribution in [0.3, 0.4) is 0 Å². The van der Waals surface area contributed by atoms with Gasteiger partial charge in [-0.2, -0.15) is 0 Å². The number of amides is 6. The smallest absolute Gasteiger partial charge is 0.253 e. The summed E-state index contributed by atoms with van der Waals surface area (Å²) in [6.07, 6.45) is -0.668. The zero-order chi connectivity index (χ0) is 70.4. The highest BCUT2D eigenvalue weighted by Crippen LogP contribution is 2.41. The van der Waals surface area contributed by atoms with Gasteiger partial charge >= 0.3 is 0 Å². The standard InChI is InChI=1S/C72H94Cl2N14O10/c1-41-33-85(37-59(89)87-39-71(3,4)63-57(87)27-47(67(93)79-63)25-45-15-17-49(73)29-53(45)69(95)81(7)8)51(31-77-41)35-83-19-21-97-61(65(75)91)55(83)23-43-11-13-44(14-12-43)24-56-62(66(76)92)98-22-20-84(56)36-52-32-78-42(2)34-86(52)38-60(90)88-40-72(5,6)64-58(88)28-48(68(94)80-64)26-46-16-18-50(74)30-54(46)70(96)82(9)10/h11-18,27-30,41-42,51-52,55-56,61-62,77-78H,19-26,31-40H2,1-10H3,(H2,75,91)(H2,76,92)(H,79,93)(H,80,94)/t41-,42-,51-,52-,55?,56?,61?,62?/m1/s1. The summed E-state index contributed by atoms with van der Waals surface area (Å²) in [5.41, 5.74) is 17.9. The summed E-state index contributed by atoms with van der Waals surface area (Å²) in [6, 6.07) is 20.8. The van der Waals surface area contributed by atoms with E-state index in [2.05, 4.69) is 54.0 Å². The van der Waals surface area contributed by atoms with E-state index in [1.165, 1.54) is 9.80 Å². The van der Waals surface area contributed by atoms with Gasteiger partial charge in [0.25, 0.3) is 22.9 Å². The van der Waals surface area contributed by atoms with Crippen molar-refractivity contribution in [2.75, 3.05) is 130 Å². The predicted octanol–water partition coefficient (Wildman–Crippen LogP) is 3.12. The number of nitrogens with zero attached hydrogens (tertiary/aromatic N) is 8. The number of piperazine rings is 2. The lowest BCUT2D eigenvalue weighted by Gasteiger charge is -2.46. The van der Waals surface area contributed by atoms with E-state index in [4.69, 9.17) is 44.1 Å². The van der Waals surface area contributed by atoms with Crippen LogP contribution in [-0.2, 0) is 65.2 Å². The minimum atomic E-state index is -0.909. The maximum atomic E-state index is 14.9. The summed E-state index contributed by atoms with van der Waals surface area (Å²) in [4.78, 5) is 132. The normalized spacial score (nSPS) is 24.2. The second kappa shape index (κ2) is 29.5. The van der Waals surface area contributed by atoms with Gasteiger partial charge in [-0.3, -0.25) is 58.0 Å². The van der Waals surface area contributed by atoms with Gasteiger partial charge in [0.15, 0.2) is 12.2 Å². The molecule has 5 aromatic rings. The fraction of sp³-hybridized carbons (Fsp3) is 0.528. The highest BCUT2D eigenvalue weighted by Gasteiger charge is 2.46. The van der Waals surface area contributed by atoms with E-state index in [1.54, 1.807) is 86.5 Å². The monoisotopic (exact) mass is 1380 g/mol. The topological polar surface area (TPSA) is 289 Å². The summed E-state index contributed by atoms with van der Waals surface area (Å²) >= 11 is 12.7. The van der Waals surface area contributed by atoms with E-state index in [1.807, 2.05) is 52.0 Å². The number of carbonyl (C=O) groups excluding carboxylic acids is 6. The zero-order valence-corrected chi connectivity index (χ0v) is 59.4. The van der Waals surface area contributed by atoms with Gasteiger partial charge in [0, 0.05) is 197 Å². The fourth-order valence-corrected chi connectivity index (χ4v) is 15.6. The minimum Gasteiger partial charge on any atom is -0.367 e. The molecule has 24 nitrogen and oxygen atoms in total. The molecule has 11 rings (SSSR count). The Kier molecular flexibility index (Phi) is 21.6. The molecule has 98 heavy (non-hydrogen) atoms. The number of ether oxygens (including phenoxy) is 2. The van der Waals surface area contributed by atoms with Crippen molar-refractivity contribution in [2.24, 2.45) is 11.5 Å². The second-order valence-electron chi connectivity index (χ2n) is 29.4. The minimum absolute atomic E-state index is 0.0779. The Bertz CT molecular complexity index is 3740. The first kappa shape index (κ1) is 71.9. The maximum Gasteiger partial charge on any atom is 0.253 e. The van der Waals surface area contributed by atoms with E-state index in [9.17, 15) is 38.4 Å². The Hall–Kier alpha value is -7.36. The van der Waals surface area contributed by atoms with Gasteiger partial charge in [-0.05, 0) is 85.3 Å².